The molecule has 7 heteroatoms. The molecule has 1 aromatic carbocycles. The number of nitrogens with zero attached hydrogens (tertiary/aromatic N) is 1. The summed E-state index contributed by atoms with van der Waals surface area (Å²) >= 11 is 0. The summed E-state index contributed by atoms with van der Waals surface area (Å²) in [6.07, 6.45) is 0.875. The van der Waals surface area contributed by atoms with Gasteiger partial charge in [-0.3, -0.25) is 9.69 Å². The van der Waals surface area contributed by atoms with Crippen molar-refractivity contribution in [3.63, 3.8) is 0 Å². The van der Waals surface area contributed by atoms with Crippen LogP contribution in [-0.4, -0.2) is 50.1 Å². The standard InChI is InChI=1S/C19H24FN3O2.ClH/c20-17-4-2-1-3-16(17)18-7-5-15(25-18)6-8-19(24)22-11-14-23-12-9-21-10-13-23;/h1-5,7,21H,6,8-14H2,(H,22,24);1H. The Morgan fingerprint density at radius 1 is 1.19 bits per heavy atom. The van der Waals surface area contributed by atoms with Crippen molar-refractivity contribution in [1.82, 2.24) is 15.5 Å². The van der Waals surface area contributed by atoms with E-state index in [9.17, 15) is 9.18 Å². The van der Waals surface area contributed by atoms with Crippen LogP contribution < -0.4 is 10.6 Å². The first-order valence-electron chi connectivity index (χ1n) is 8.76. The molecule has 26 heavy (non-hydrogen) atoms. The van der Waals surface area contributed by atoms with Gasteiger partial charge >= 0.3 is 0 Å². The average molecular weight is 382 g/mol. The first kappa shape index (κ1) is 20.4. The second-order valence-electron chi connectivity index (χ2n) is 6.19. The Morgan fingerprint density at radius 2 is 1.96 bits per heavy atom. The van der Waals surface area contributed by atoms with Gasteiger partial charge in [0.25, 0.3) is 0 Å². The van der Waals surface area contributed by atoms with Crippen LogP contribution in [0.15, 0.2) is 40.8 Å². The molecule has 2 heterocycles. The number of furan rings is 1. The summed E-state index contributed by atoms with van der Waals surface area (Å²) in [6, 6.07) is 10.1. The number of amides is 1. The third-order valence-corrected chi connectivity index (χ3v) is 4.36. The van der Waals surface area contributed by atoms with E-state index in [2.05, 4.69) is 15.5 Å². The molecule has 5 nitrogen and oxygen atoms in total. The number of aryl methyl sites for hydroxylation is 1. The molecule has 0 spiro atoms. The quantitative estimate of drug-likeness (QED) is 0.773. The van der Waals surface area contributed by atoms with Gasteiger partial charge < -0.3 is 15.1 Å². The SMILES string of the molecule is Cl.O=C(CCc1ccc(-c2ccccc2F)o1)NCCN1CCNCC1. The van der Waals surface area contributed by atoms with E-state index in [1.807, 2.05) is 0 Å². The largest absolute Gasteiger partial charge is 0.461 e. The highest BCUT2D eigenvalue weighted by Crippen LogP contribution is 2.25. The maximum absolute atomic E-state index is 13.8. The van der Waals surface area contributed by atoms with Crippen molar-refractivity contribution in [2.45, 2.75) is 12.8 Å². The van der Waals surface area contributed by atoms with Crippen LogP contribution >= 0.6 is 12.4 Å². The van der Waals surface area contributed by atoms with Gasteiger partial charge in [0.05, 0.1) is 5.56 Å². The number of benzene rings is 1. The Hall–Kier alpha value is -1.89. The fourth-order valence-electron chi connectivity index (χ4n) is 2.93. The van der Waals surface area contributed by atoms with E-state index in [4.69, 9.17) is 4.42 Å². The van der Waals surface area contributed by atoms with Gasteiger partial charge in [0.1, 0.15) is 17.3 Å². The first-order chi connectivity index (χ1) is 12.2. The van der Waals surface area contributed by atoms with Crippen molar-refractivity contribution < 1.29 is 13.6 Å². The molecule has 3 rings (SSSR count). The van der Waals surface area contributed by atoms with Crippen LogP contribution in [-0.2, 0) is 11.2 Å². The number of nitrogens with one attached hydrogen (secondary N) is 2. The lowest BCUT2D eigenvalue weighted by Crippen LogP contribution is -2.46. The molecule has 0 bridgehead atoms. The number of hydrogen-bond donors (Lipinski definition) is 2. The first-order valence-corrected chi connectivity index (χ1v) is 8.76. The van der Waals surface area contributed by atoms with Crippen LogP contribution in [0, 0.1) is 5.82 Å². The number of carbonyl (C=O) groups is 1. The summed E-state index contributed by atoms with van der Waals surface area (Å²) in [6.45, 7) is 5.62. The topological polar surface area (TPSA) is 57.5 Å². The van der Waals surface area contributed by atoms with Crippen LogP contribution in [0.3, 0.4) is 0 Å². The lowest BCUT2D eigenvalue weighted by molar-refractivity contribution is -0.121. The second kappa shape index (κ2) is 10.3. The van der Waals surface area contributed by atoms with E-state index in [-0.39, 0.29) is 24.1 Å². The summed E-state index contributed by atoms with van der Waals surface area (Å²) in [5.74, 6) is 0.885. The monoisotopic (exact) mass is 381 g/mol. The molecule has 0 saturated carbocycles. The lowest BCUT2D eigenvalue weighted by Gasteiger charge is -2.27. The summed E-state index contributed by atoms with van der Waals surface area (Å²) in [7, 11) is 0. The van der Waals surface area contributed by atoms with Gasteiger partial charge in [0.15, 0.2) is 0 Å². The smallest absolute Gasteiger partial charge is 0.220 e. The van der Waals surface area contributed by atoms with Crippen molar-refractivity contribution in [3.8, 4) is 11.3 Å². The predicted octanol–water partition coefficient (Wildman–Crippen LogP) is 2.46. The molecular weight excluding hydrogens is 357 g/mol. The van der Waals surface area contributed by atoms with E-state index >= 15 is 0 Å². The van der Waals surface area contributed by atoms with Crippen LogP contribution in [0.2, 0.25) is 0 Å². The molecule has 1 aromatic heterocycles. The van der Waals surface area contributed by atoms with Gasteiger partial charge in [0.2, 0.25) is 5.91 Å². The molecule has 1 fully saturated rings. The Kier molecular flexibility index (Phi) is 8.09. The third kappa shape index (κ3) is 5.83. The van der Waals surface area contributed by atoms with Crippen molar-refractivity contribution >= 4 is 18.3 Å². The molecule has 1 amide bonds. The molecule has 0 unspecified atom stereocenters. The zero-order chi connectivity index (χ0) is 17.5. The molecule has 0 radical (unpaired) electrons. The van der Waals surface area contributed by atoms with Gasteiger partial charge in [0, 0.05) is 52.1 Å². The van der Waals surface area contributed by atoms with Crippen molar-refractivity contribution in [3.05, 3.63) is 48.0 Å². The van der Waals surface area contributed by atoms with Gasteiger partial charge in [-0.05, 0) is 24.3 Å². The third-order valence-electron chi connectivity index (χ3n) is 4.36. The summed E-state index contributed by atoms with van der Waals surface area (Å²) in [4.78, 5) is 14.3. The molecule has 0 atom stereocenters. The molecule has 1 saturated heterocycles. The van der Waals surface area contributed by atoms with Gasteiger partial charge in [-0.15, -0.1) is 12.4 Å². The highest BCUT2D eigenvalue weighted by atomic mass is 35.5. The molecule has 2 N–H and O–H groups in total. The van der Waals surface area contributed by atoms with Crippen LogP contribution in [0.4, 0.5) is 4.39 Å². The van der Waals surface area contributed by atoms with Gasteiger partial charge in [-0.25, -0.2) is 4.39 Å². The molecule has 1 aliphatic rings. The maximum atomic E-state index is 13.8. The van der Waals surface area contributed by atoms with Crippen LogP contribution in [0.25, 0.3) is 11.3 Å². The minimum atomic E-state index is -0.311. The predicted molar refractivity (Wildman–Crippen MR) is 102 cm³/mol. The minimum Gasteiger partial charge on any atom is -0.461 e. The lowest BCUT2D eigenvalue weighted by atomic mass is 10.1. The highest BCUT2D eigenvalue weighted by molar-refractivity contribution is 5.85. The normalized spacial score (nSPS) is 14.7. The fourth-order valence-corrected chi connectivity index (χ4v) is 2.93. The van der Waals surface area contributed by atoms with Crippen molar-refractivity contribution in [2.24, 2.45) is 0 Å². The van der Waals surface area contributed by atoms with Crippen molar-refractivity contribution in [1.29, 1.82) is 0 Å². The Balaban J connectivity index is 0.00000243. The number of halogens is 2. The van der Waals surface area contributed by atoms with E-state index in [0.29, 0.717) is 36.5 Å². The number of rotatable bonds is 7. The maximum Gasteiger partial charge on any atom is 0.220 e. The molecular formula is C19H25ClFN3O2. The Labute approximate surface area is 159 Å². The Bertz CT molecular complexity index is 702. The molecule has 1 aliphatic heterocycles. The summed E-state index contributed by atoms with van der Waals surface area (Å²) in [5, 5.41) is 6.25. The van der Waals surface area contributed by atoms with Crippen molar-refractivity contribution in [2.75, 3.05) is 39.3 Å². The summed E-state index contributed by atoms with van der Waals surface area (Å²) < 4.78 is 19.4. The molecule has 2 aromatic rings. The van der Waals surface area contributed by atoms with Gasteiger partial charge in [-0.2, -0.15) is 0 Å². The second-order valence-corrected chi connectivity index (χ2v) is 6.19. The van der Waals surface area contributed by atoms with E-state index in [1.54, 1.807) is 30.3 Å². The van der Waals surface area contributed by atoms with Gasteiger partial charge in [-0.1, -0.05) is 12.1 Å². The van der Waals surface area contributed by atoms with Crippen LogP contribution in [0.5, 0.6) is 0 Å². The number of carbonyl (C=O) groups excluding carboxylic acids is 1. The molecule has 142 valence electrons. The fraction of sp³-hybridized carbons (Fsp3) is 0.421. The Morgan fingerprint density at radius 3 is 2.73 bits per heavy atom. The van der Waals surface area contributed by atoms with E-state index in [0.717, 1.165) is 32.7 Å². The van der Waals surface area contributed by atoms with E-state index < -0.39 is 0 Å². The number of piperazine rings is 1. The van der Waals surface area contributed by atoms with E-state index in [1.165, 1.54) is 6.07 Å². The summed E-state index contributed by atoms with van der Waals surface area (Å²) in [5.41, 5.74) is 0.439. The zero-order valence-corrected chi connectivity index (χ0v) is 15.5. The number of hydrogen-bond acceptors (Lipinski definition) is 4. The molecule has 0 aliphatic carbocycles. The minimum absolute atomic E-state index is 0. The van der Waals surface area contributed by atoms with Crippen LogP contribution in [0.1, 0.15) is 12.2 Å². The highest BCUT2D eigenvalue weighted by Gasteiger charge is 2.11. The zero-order valence-electron chi connectivity index (χ0n) is 14.7. The average Bonchev–Trinajstić information content (AvgIpc) is 3.10.